The molecule has 2 aromatic heterocycles. The van der Waals surface area contributed by atoms with E-state index in [1.807, 2.05) is 50.1 Å². The Morgan fingerprint density at radius 2 is 1.96 bits per heavy atom. The van der Waals surface area contributed by atoms with Gasteiger partial charge in [0.05, 0.1) is 18.4 Å². The highest BCUT2D eigenvalue weighted by Crippen LogP contribution is 2.10. The number of nitrogens with zero attached hydrogens (tertiary/aromatic N) is 5. The summed E-state index contributed by atoms with van der Waals surface area (Å²) < 4.78 is 4.10. The number of halogens is 1. The zero-order chi connectivity index (χ0) is 16.1. The lowest BCUT2D eigenvalue weighted by molar-refractivity contribution is 0.743. The van der Waals surface area contributed by atoms with Gasteiger partial charge in [0.1, 0.15) is 0 Å². The van der Waals surface area contributed by atoms with E-state index in [0.29, 0.717) is 6.54 Å². The number of anilines is 1. The summed E-state index contributed by atoms with van der Waals surface area (Å²) in [6, 6.07) is 2.09. The van der Waals surface area contributed by atoms with Gasteiger partial charge in [-0.25, -0.2) is 4.98 Å². The van der Waals surface area contributed by atoms with E-state index in [-0.39, 0.29) is 24.0 Å². The number of hydrogen-bond acceptors (Lipinski definition) is 3. The maximum Gasteiger partial charge on any atom is 0.204 e. The van der Waals surface area contributed by atoms with Crippen LogP contribution >= 0.6 is 24.0 Å². The van der Waals surface area contributed by atoms with Gasteiger partial charge in [0, 0.05) is 54.2 Å². The maximum absolute atomic E-state index is 4.40. The van der Waals surface area contributed by atoms with Crippen molar-refractivity contribution in [2.75, 3.05) is 26.0 Å². The molecule has 0 saturated carbocycles. The Hall–Kier alpha value is -1.71. The minimum Gasteiger partial charge on any atom is -0.357 e. The van der Waals surface area contributed by atoms with Gasteiger partial charge < -0.3 is 24.7 Å². The zero-order valence-electron chi connectivity index (χ0n) is 14.4. The second kappa shape index (κ2) is 8.80. The lowest BCUT2D eigenvalue weighted by atomic mass is 10.3. The fourth-order valence-electron chi connectivity index (χ4n) is 2.26. The van der Waals surface area contributed by atoms with Crippen molar-refractivity contribution in [2.24, 2.45) is 19.1 Å². The summed E-state index contributed by atoms with van der Waals surface area (Å²) in [7, 11) is 9.77. The Kier molecular flexibility index (Phi) is 7.40. The zero-order valence-corrected chi connectivity index (χ0v) is 16.7. The minimum atomic E-state index is 0. The summed E-state index contributed by atoms with van der Waals surface area (Å²) in [6.07, 6.45) is 6.00. The van der Waals surface area contributed by atoms with Gasteiger partial charge >= 0.3 is 0 Å². The van der Waals surface area contributed by atoms with Crippen LogP contribution in [0.1, 0.15) is 11.3 Å². The molecule has 2 rings (SSSR count). The van der Waals surface area contributed by atoms with Crippen molar-refractivity contribution < 1.29 is 0 Å². The second-order valence-electron chi connectivity index (χ2n) is 5.47. The molecule has 0 unspecified atom stereocenters. The number of hydrogen-bond donors (Lipinski definition) is 2. The largest absolute Gasteiger partial charge is 0.357 e. The molecule has 0 aliphatic rings. The maximum atomic E-state index is 4.40. The van der Waals surface area contributed by atoms with E-state index < -0.39 is 0 Å². The fourth-order valence-corrected chi connectivity index (χ4v) is 2.26. The molecular weight excluding hydrogens is 405 g/mol. The first-order valence-corrected chi connectivity index (χ1v) is 7.24. The van der Waals surface area contributed by atoms with Gasteiger partial charge in [-0.2, -0.15) is 0 Å². The van der Waals surface area contributed by atoms with Gasteiger partial charge in [-0.3, -0.25) is 4.99 Å². The Morgan fingerprint density at radius 1 is 1.26 bits per heavy atom. The van der Waals surface area contributed by atoms with Crippen molar-refractivity contribution in [2.45, 2.75) is 13.1 Å². The smallest absolute Gasteiger partial charge is 0.204 e. The lowest BCUT2D eigenvalue weighted by Gasteiger charge is -2.14. The van der Waals surface area contributed by atoms with E-state index in [2.05, 4.69) is 37.4 Å². The van der Waals surface area contributed by atoms with Crippen molar-refractivity contribution in [3.63, 3.8) is 0 Å². The molecule has 2 aromatic rings. The molecule has 0 aliphatic heterocycles. The third kappa shape index (κ3) is 5.15. The molecule has 2 N–H and O–H groups in total. The predicted octanol–water partition coefficient (Wildman–Crippen LogP) is 1.31. The first-order valence-electron chi connectivity index (χ1n) is 7.24. The van der Waals surface area contributed by atoms with Crippen LogP contribution in [-0.2, 0) is 27.2 Å². The molecule has 0 aliphatic carbocycles. The monoisotopic (exact) mass is 431 g/mol. The molecule has 0 aromatic carbocycles. The summed E-state index contributed by atoms with van der Waals surface area (Å²) in [5, 5.41) is 6.61. The van der Waals surface area contributed by atoms with Crippen molar-refractivity contribution >= 4 is 35.9 Å². The molecule has 0 saturated heterocycles. The van der Waals surface area contributed by atoms with Crippen LogP contribution in [0.5, 0.6) is 0 Å². The Bertz CT molecular complexity index is 642. The van der Waals surface area contributed by atoms with Crippen LogP contribution in [-0.4, -0.2) is 41.2 Å². The Labute approximate surface area is 154 Å². The van der Waals surface area contributed by atoms with Crippen LogP contribution in [0, 0.1) is 0 Å². The summed E-state index contributed by atoms with van der Waals surface area (Å²) >= 11 is 0. The number of aromatic nitrogens is 3. The molecule has 2 heterocycles. The van der Waals surface area contributed by atoms with Gasteiger partial charge in [-0.1, -0.05) is 0 Å². The predicted molar refractivity (Wildman–Crippen MR) is 105 cm³/mol. The van der Waals surface area contributed by atoms with E-state index in [4.69, 9.17) is 0 Å². The van der Waals surface area contributed by atoms with E-state index >= 15 is 0 Å². The van der Waals surface area contributed by atoms with Crippen LogP contribution in [0.3, 0.4) is 0 Å². The number of aryl methyl sites for hydroxylation is 1. The second-order valence-corrected chi connectivity index (χ2v) is 5.47. The highest BCUT2D eigenvalue weighted by molar-refractivity contribution is 14.0. The van der Waals surface area contributed by atoms with Gasteiger partial charge in [0.15, 0.2) is 5.96 Å². The molecule has 128 valence electrons. The molecule has 0 bridgehead atoms. The van der Waals surface area contributed by atoms with Crippen molar-refractivity contribution in [3.05, 3.63) is 35.9 Å². The highest BCUT2D eigenvalue weighted by atomic mass is 127. The van der Waals surface area contributed by atoms with Gasteiger partial charge in [-0.05, 0) is 11.6 Å². The number of aliphatic imine (C=N–C) groups is 1. The third-order valence-electron chi connectivity index (χ3n) is 3.47. The van der Waals surface area contributed by atoms with Gasteiger partial charge in [0.2, 0.25) is 5.95 Å². The normalized spacial score (nSPS) is 11.1. The van der Waals surface area contributed by atoms with Crippen LogP contribution < -0.4 is 15.5 Å². The highest BCUT2D eigenvalue weighted by Gasteiger charge is 2.08. The van der Waals surface area contributed by atoms with Crippen molar-refractivity contribution in [1.82, 2.24) is 24.8 Å². The van der Waals surface area contributed by atoms with Crippen LogP contribution in [0.4, 0.5) is 5.95 Å². The SMILES string of the molecule is CN=C(NCc1ccn(C)c1)NCc1cnc(N(C)C)n1C.I. The summed E-state index contributed by atoms with van der Waals surface area (Å²) in [5.41, 5.74) is 2.33. The number of nitrogens with one attached hydrogen (secondary N) is 2. The first-order chi connectivity index (χ1) is 10.5. The molecule has 0 atom stereocenters. The molecule has 0 radical (unpaired) electrons. The molecule has 0 spiro atoms. The molecule has 7 nitrogen and oxygen atoms in total. The Morgan fingerprint density at radius 3 is 2.48 bits per heavy atom. The fraction of sp³-hybridized carbons (Fsp3) is 0.467. The molecule has 0 amide bonds. The van der Waals surface area contributed by atoms with E-state index in [1.54, 1.807) is 7.05 Å². The number of imidazole rings is 1. The molecule has 0 fully saturated rings. The quantitative estimate of drug-likeness (QED) is 0.426. The molecular formula is C15H26IN7. The minimum absolute atomic E-state index is 0. The van der Waals surface area contributed by atoms with Gasteiger partial charge in [-0.15, -0.1) is 24.0 Å². The first kappa shape index (κ1) is 19.3. The summed E-state index contributed by atoms with van der Waals surface area (Å²) in [4.78, 5) is 10.6. The molecule has 23 heavy (non-hydrogen) atoms. The van der Waals surface area contributed by atoms with Gasteiger partial charge in [0.25, 0.3) is 0 Å². The van der Waals surface area contributed by atoms with Crippen LogP contribution in [0.15, 0.2) is 29.6 Å². The average Bonchev–Trinajstić information content (AvgIpc) is 3.05. The standard InChI is InChI=1S/C15H25N7.HI/c1-16-14(17-8-12-6-7-21(4)11-12)18-9-13-10-19-15(20(2)3)22(13)5;/h6-7,10-11H,8-9H2,1-5H3,(H2,16,17,18);1H. The van der Waals surface area contributed by atoms with Crippen LogP contribution in [0.2, 0.25) is 0 Å². The topological polar surface area (TPSA) is 62.4 Å². The number of rotatable bonds is 5. The Balaban J connectivity index is 0.00000264. The van der Waals surface area contributed by atoms with E-state index in [0.717, 1.165) is 24.1 Å². The summed E-state index contributed by atoms with van der Waals surface area (Å²) in [5.74, 6) is 1.71. The summed E-state index contributed by atoms with van der Waals surface area (Å²) in [6.45, 7) is 1.42. The average molecular weight is 431 g/mol. The van der Waals surface area contributed by atoms with E-state index in [9.17, 15) is 0 Å². The molecule has 8 heteroatoms. The number of guanidine groups is 1. The van der Waals surface area contributed by atoms with Crippen LogP contribution in [0.25, 0.3) is 0 Å². The van der Waals surface area contributed by atoms with Crippen molar-refractivity contribution in [1.29, 1.82) is 0 Å². The third-order valence-corrected chi connectivity index (χ3v) is 3.47. The van der Waals surface area contributed by atoms with Crippen molar-refractivity contribution in [3.8, 4) is 0 Å². The van der Waals surface area contributed by atoms with E-state index in [1.165, 1.54) is 5.56 Å². The lowest BCUT2D eigenvalue weighted by Crippen LogP contribution is -2.36.